The molecule has 0 aliphatic heterocycles. The number of rotatable bonds is 4. The Bertz CT molecular complexity index is 631. The predicted octanol–water partition coefficient (Wildman–Crippen LogP) is 5.10. The van der Waals surface area contributed by atoms with Crippen LogP contribution in [0.1, 0.15) is 5.56 Å². The summed E-state index contributed by atoms with van der Waals surface area (Å²) < 4.78 is 54.4. The topological polar surface area (TPSA) is 21.3 Å². The molecule has 0 saturated heterocycles. The van der Waals surface area contributed by atoms with Crippen LogP contribution in [0.2, 0.25) is 0 Å². The third kappa shape index (κ3) is 4.35. The largest absolute Gasteiger partial charge is 0.573 e. The minimum Gasteiger partial charge on any atom is -0.404 e. The summed E-state index contributed by atoms with van der Waals surface area (Å²) in [4.78, 5) is 0. The molecule has 21 heavy (non-hydrogen) atoms. The normalized spacial score (nSPS) is 11.3. The lowest BCUT2D eigenvalue weighted by molar-refractivity contribution is -0.274. The molecular formula is C14H10BrF4NO. The molecular weight excluding hydrogens is 354 g/mol. The van der Waals surface area contributed by atoms with Gasteiger partial charge in [-0.05, 0) is 39.7 Å². The number of halogens is 5. The molecule has 2 rings (SSSR count). The molecule has 0 aliphatic rings. The van der Waals surface area contributed by atoms with Crippen LogP contribution in [-0.4, -0.2) is 6.36 Å². The van der Waals surface area contributed by atoms with E-state index in [0.29, 0.717) is 5.56 Å². The maximum absolute atomic E-state index is 13.4. The molecule has 0 amide bonds. The number of nitrogens with one attached hydrogen (secondary N) is 1. The lowest BCUT2D eigenvalue weighted by Gasteiger charge is -2.15. The molecule has 0 radical (unpaired) electrons. The van der Waals surface area contributed by atoms with Crippen molar-refractivity contribution >= 4 is 21.6 Å². The van der Waals surface area contributed by atoms with Crippen LogP contribution < -0.4 is 10.1 Å². The van der Waals surface area contributed by atoms with Gasteiger partial charge in [-0.15, -0.1) is 13.2 Å². The highest BCUT2D eigenvalue weighted by molar-refractivity contribution is 9.10. The van der Waals surface area contributed by atoms with E-state index in [1.807, 2.05) is 0 Å². The molecule has 2 nitrogen and oxygen atoms in total. The highest BCUT2D eigenvalue weighted by atomic mass is 79.9. The molecule has 0 aliphatic carbocycles. The Morgan fingerprint density at radius 3 is 2.48 bits per heavy atom. The minimum absolute atomic E-state index is 0.149. The molecule has 0 aromatic heterocycles. The molecule has 0 fully saturated rings. The molecule has 0 heterocycles. The lowest BCUT2D eigenvalue weighted by atomic mass is 10.2. The molecule has 2 aromatic carbocycles. The van der Waals surface area contributed by atoms with Gasteiger partial charge in [0.2, 0.25) is 0 Å². The summed E-state index contributed by atoms with van der Waals surface area (Å²) in [5.74, 6) is -0.772. The van der Waals surface area contributed by atoms with Crippen LogP contribution in [0.5, 0.6) is 5.75 Å². The Labute approximate surface area is 126 Å². The number of ether oxygens (including phenoxy) is 1. The van der Waals surface area contributed by atoms with Gasteiger partial charge in [-0.3, -0.25) is 0 Å². The molecule has 112 valence electrons. The van der Waals surface area contributed by atoms with Crippen LogP contribution in [0.4, 0.5) is 23.2 Å². The molecule has 0 bridgehead atoms. The van der Waals surface area contributed by atoms with E-state index >= 15 is 0 Å². The van der Waals surface area contributed by atoms with Crippen molar-refractivity contribution in [3.05, 3.63) is 58.3 Å². The SMILES string of the molecule is Fc1cccc(CNc2ccccc2OC(F)(F)F)c1Br. The van der Waals surface area contributed by atoms with Crippen LogP contribution in [0.25, 0.3) is 0 Å². The Morgan fingerprint density at radius 1 is 1.05 bits per heavy atom. The number of para-hydroxylation sites is 2. The van der Waals surface area contributed by atoms with Crippen molar-refractivity contribution < 1.29 is 22.3 Å². The first kappa shape index (κ1) is 15.6. The van der Waals surface area contributed by atoms with Crippen LogP contribution >= 0.6 is 15.9 Å². The van der Waals surface area contributed by atoms with Gasteiger partial charge < -0.3 is 10.1 Å². The fraction of sp³-hybridized carbons (Fsp3) is 0.143. The monoisotopic (exact) mass is 363 g/mol. The van der Waals surface area contributed by atoms with Gasteiger partial charge in [0.25, 0.3) is 0 Å². The van der Waals surface area contributed by atoms with Crippen LogP contribution in [0, 0.1) is 5.82 Å². The molecule has 7 heteroatoms. The summed E-state index contributed by atoms with van der Waals surface area (Å²) in [6.45, 7) is 0.149. The highest BCUT2D eigenvalue weighted by Gasteiger charge is 2.32. The van der Waals surface area contributed by atoms with E-state index in [4.69, 9.17) is 0 Å². The predicted molar refractivity (Wildman–Crippen MR) is 74.6 cm³/mol. The number of anilines is 1. The summed E-state index contributed by atoms with van der Waals surface area (Å²) in [7, 11) is 0. The zero-order valence-corrected chi connectivity index (χ0v) is 12.1. The Kier molecular flexibility index (Phi) is 4.72. The van der Waals surface area contributed by atoms with E-state index < -0.39 is 12.2 Å². The van der Waals surface area contributed by atoms with E-state index in [9.17, 15) is 17.6 Å². The molecule has 1 N–H and O–H groups in total. The second-order valence-corrected chi connectivity index (χ2v) is 4.90. The van der Waals surface area contributed by atoms with Gasteiger partial charge in [-0.1, -0.05) is 24.3 Å². The summed E-state index contributed by atoms with van der Waals surface area (Å²) in [6.07, 6.45) is -4.77. The summed E-state index contributed by atoms with van der Waals surface area (Å²) in [5, 5.41) is 2.80. The van der Waals surface area contributed by atoms with E-state index in [0.717, 1.165) is 0 Å². The van der Waals surface area contributed by atoms with Crippen molar-refractivity contribution in [2.75, 3.05) is 5.32 Å². The third-order valence-electron chi connectivity index (χ3n) is 2.61. The van der Waals surface area contributed by atoms with Crippen molar-refractivity contribution in [2.45, 2.75) is 12.9 Å². The Morgan fingerprint density at radius 2 is 1.76 bits per heavy atom. The van der Waals surface area contributed by atoms with E-state index in [-0.39, 0.29) is 22.5 Å². The number of hydrogen-bond donors (Lipinski definition) is 1. The second kappa shape index (κ2) is 6.34. The van der Waals surface area contributed by atoms with Crippen molar-refractivity contribution in [2.24, 2.45) is 0 Å². The average molecular weight is 364 g/mol. The standard InChI is InChI=1S/C14H10BrF4NO/c15-13-9(4-3-5-10(13)16)8-20-11-6-1-2-7-12(11)21-14(17,18)19/h1-7,20H,8H2. The maximum Gasteiger partial charge on any atom is 0.573 e. The van der Waals surface area contributed by atoms with Gasteiger partial charge in [-0.25, -0.2) is 4.39 Å². The minimum atomic E-state index is -4.77. The van der Waals surface area contributed by atoms with Crippen molar-refractivity contribution in [3.8, 4) is 5.75 Å². The van der Waals surface area contributed by atoms with E-state index in [2.05, 4.69) is 26.0 Å². The summed E-state index contributed by atoms with van der Waals surface area (Å²) in [6, 6.07) is 10.1. The van der Waals surface area contributed by atoms with Crippen LogP contribution in [-0.2, 0) is 6.54 Å². The van der Waals surface area contributed by atoms with Gasteiger partial charge in [0.15, 0.2) is 5.75 Å². The maximum atomic E-state index is 13.4. The first-order chi connectivity index (χ1) is 9.87. The number of benzene rings is 2. The first-order valence-electron chi connectivity index (χ1n) is 5.88. The summed E-state index contributed by atoms with van der Waals surface area (Å²) >= 11 is 3.09. The van der Waals surface area contributed by atoms with Gasteiger partial charge in [0.05, 0.1) is 10.2 Å². The molecule has 0 atom stereocenters. The summed E-state index contributed by atoms with van der Waals surface area (Å²) in [5.41, 5.74) is 0.753. The third-order valence-corrected chi connectivity index (χ3v) is 3.50. The van der Waals surface area contributed by atoms with E-state index in [1.54, 1.807) is 12.1 Å². The number of alkyl halides is 3. The van der Waals surface area contributed by atoms with Crippen LogP contribution in [0.15, 0.2) is 46.9 Å². The second-order valence-electron chi connectivity index (χ2n) is 4.11. The smallest absolute Gasteiger partial charge is 0.404 e. The quantitative estimate of drug-likeness (QED) is 0.763. The van der Waals surface area contributed by atoms with Crippen molar-refractivity contribution in [1.29, 1.82) is 0 Å². The molecule has 2 aromatic rings. The van der Waals surface area contributed by atoms with Crippen LogP contribution in [0.3, 0.4) is 0 Å². The molecule has 0 saturated carbocycles. The van der Waals surface area contributed by atoms with Gasteiger partial charge >= 0.3 is 6.36 Å². The zero-order valence-electron chi connectivity index (χ0n) is 10.5. The van der Waals surface area contributed by atoms with E-state index in [1.165, 1.54) is 30.3 Å². The fourth-order valence-electron chi connectivity index (χ4n) is 1.70. The average Bonchev–Trinajstić information content (AvgIpc) is 2.40. The number of hydrogen-bond acceptors (Lipinski definition) is 2. The molecule has 0 unspecified atom stereocenters. The molecule has 0 spiro atoms. The van der Waals surface area contributed by atoms with Gasteiger partial charge in [-0.2, -0.15) is 0 Å². The van der Waals surface area contributed by atoms with Gasteiger partial charge in [0.1, 0.15) is 5.82 Å². The Balaban J connectivity index is 2.15. The zero-order chi connectivity index (χ0) is 15.5. The van der Waals surface area contributed by atoms with Crippen molar-refractivity contribution in [1.82, 2.24) is 0 Å². The fourth-order valence-corrected chi connectivity index (χ4v) is 2.11. The lowest BCUT2D eigenvalue weighted by Crippen LogP contribution is -2.18. The first-order valence-corrected chi connectivity index (χ1v) is 6.67. The van der Waals surface area contributed by atoms with Gasteiger partial charge in [0, 0.05) is 6.54 Å². The Hall–Kier alpha value is -1.76. The van der Waals surface area contributed by atoms with Crippen molar-refractivity contribution in [3.63, 3.8) is 0 Å². The highest BCUT2D eigenvalue weighted by Crippen LogP contribution is 2.30.